The van der Waals surface area contributed by atoms with E-state index in [0.29, 0.717) is 36.1 Å². The van der Waals surface area contributed by atoms with E-state index in [1.807, 2.05) is 18.2 Å². The van der Waals surface area contributed by atoms with Crippen LogP contribution in [0.15, 0.2) is 30.6 Å². The first-order valence-electron chi connectivity index (χ1n) is 10.9. The molecule has 35 heavy (non-hydrogen) atoms. The molecule has 192 valence electrons. The fraction of sp³-hybridized carbons (Fsp3) is 0.478. The van der Waals surface area contributed by atoms with E-state index in [1.54, 1.807) is 26.6 Å². The number of ether oxygens (including phenoxy) is 2. The molecule has 1 aliphatic heterocycles. The lowest BCUT2D eigenvalue weighted by Gasteiger charge is -2.22. The van der Waals surface area contributed by atoms with Crippen molar-refractivity contribution in [1.29, 1.82) is 0 Å². The molecule has 0 saturated carbocycles. The summed E-state index contributed by atoms with van der Waals surface area (Å²) >= 11 is 0. The summed E-state index contributed by atoms with van der Waals surface area (Å²) in [7, 11) is 3.22. The summed E-state index contributed by atoms with van der Waals surface area (Å²) in [4.78, 5) is 29.8. The van der Waals surface area contributed by atoms with E-state index >= 15 is 0 Å². The van der Waals surface area contributed by atoms with E-state index in [1.165, 1.54) is 12.8 Å². The van der Waals surface area contributed by atoms with E-state index < -0.39 is 12.1 Å². The van der Waals surface area contributed by atoms with Gasteiger partial charge in [0, 0.05) is 37.3 Å². The van der Waals surface area contributed by atoms with Gasteiger partial charge in [0.15, 0.2) is 11.5 Å². The minimum absolute atomic E-state index is 0.0538. The standard InChI is InChI=1S/C21H28N4O3.C2HF3O2/c1-27-18-6-5-16(10-19(18)28-2)17-13-23-20(24-14-17)7-8-21(26)25-12-15-4-3-9-22-11-15;3-2(4,5)1(6)7/h5-6,10,13-15,22H,3-4,7-9,11-12H2,1-2H3,(H,25,26);(H,6,7). The van der Waals surface area contributed by atoms with E-state index in [0.717, 1.165) is 30.8 Å². The molecule has 1 unspecified atom stereocenters. The lowest BCUT2D eigenvalue weighted by atomic mass is 10.00. The zero-order valence-corrected chi connectivity index (χ0v) is 19.5. The van der Waals surface area contributed by atoms with Crippen LogP contribution in [-0.4, -0.2) is 67.0 Å². The summed E-state index contributed by atoms with van der Waals surface area (Å²) in [5, 5.41) is 13.5. The Balaban J connectivity index is 0.000000540. The third kappa shape index (κ3) is 9.39. The number of nitrogens with one attached hydrogen (secondary N) is 2. The van der Waals surface area contributed by atoms with Crippen LogP contribution < -0.4 is 20.1 Å². The maximum absolute atomic E-state index is 12.1. The summed E-state index contributed by atoms with van der Waals surface area (Å²) in [6.07, 6.45) is 1.75. The summed E-state index contributed by atoms with van der Waals surface area (Å²) in [6.45, 7) is 2.81. The lowest BCUT2D eigenvalue weighted by molar-refractivity contribution is -0.192. The van der Waals surface area contributed by atoms with Gasteiger partial charge in [0.25, 0.3) is 0 Å². The SMILES string of the molecule is COc1ccc(-c2cnc(CCC(=O)NCC3CCCNC3)nc2)cc1OC.O=C(O)C(F)(F)F. The number of benzene rings is 1. The minimum Gasteiger partial charge on any atom is -0.493 e. The number of nitrogens with zero attached hydrogens (tertiary/aromatic N) is 2. The Hall–Kier alpha value is -3.41. The summed E-state index contributed by atoms with van der Waals surface area (Å²) in [5.74, 6) is -0.160. The number of carbonyl (C=O) groups excluding carboxylic acids is 1. The summed E-state index contributed by atoms with van der Waals surface area (Å²) in [6, 6.07) is 5.69. The summed E-state index contributed by atoms with van der Waals surface area (Å²) < 4.78 is 42.3. The first kappa shape index (κ1) is 27.8. The molecule has 0 bridgehead atoms. The van der Waals surface area contributed by atoms with Gasteiger partial charge in [0.1, 0.15) is 5.82 Å². The highest BCUT2D eigenvalue weighted by Gasteiger charge is 2.38. The molecule has 2 aromatic rings. The molecule has 3 rings (SSSR count). The van der Waals surface area contributed by atoms with Crippen molar-refractivity contribution in [3.63, 3.8) is 0 Å². The normalized spacial score (nSPS) is 15.4. The molecule has 0 spiro atoms. The Bertz CT molecular complexity index is 965. The van der Waals surface area contributed by atoms with Gasteiger partial charge in [0.05, 0.1) is 14.2 Å². The number of aryl methyl sites for hydroxylation is 1. The lowest BCUT2D eigenvalue weighted by Crippen LogP contribution is -2.38. The average molecular weight is 499 g/mol. The van der Waals surface area contributed by atoms with E-state index in [-0.39, 0.29) is 5.91 Å². The Kier molecular flexibility index (Phi) is 10.7. The van der Waals surface area contributed by atoms with Crippen LogP contribution in [0.3, 0.4) is 0 Å². The maximum atomic E-state index is 12.1. The minimum atomic E-state index is -5.08. The van der Waals surface area contributed by atoms with Crippen LogP contribution in [0.25, 0.3) is 11.1 Å². The third-order valence-corrected chi connectivity index (χ3v) is 5.23. The monoisotopic (exact) mass is 498 g/mol. The van der Waals surface area contributed by atoms with Gasteiger partial charge in [-0.3, -0.25) is 4.79 Å². The highest BCUT2D eigenvalue weighted by molar-refractivity contribution is 5.76. The zero-order valence-electron chi connectivity index (χ0n) is 19.5. The molecule has 9 nitrogen and oxygen atoms in total. The van der Waals surface area contributed by atoms with Gasteiger partial charge in [-0.15, -0.1) is 0 Å². The molecule has 0 radical (unpaired) electrons. The maximum Gasteiger partial charge on any atom is 0.490 e. The van der Waals surface area contributed by atoms with Crippen LogP contribution in [0, 0.1) is 5.92 Å². The van der Waals surface area contributed by atoms with Crippen LogP contribution in [-0.2, 0) is 16.0 Å². The van der Waals surface area contributed by atoms with Gasteiger partial charge in [-0.25, -0.2) is 14.8 Å². The first-order valence-corrected chi connectivity index (χ1v) is 10.9. The van der Waals surface area contributed by atoms with Crippen LogP contribution in [0.2, 0.25) is 0 Å². The third-order valence-electron chi connectivity index (χ3n) is 5.23. The molecule has 1 aliphatic rings. The molecule has 2 heterocycles. The molecule has 3 N–H and O–H groups in total. The second kappa shape index (κ2) is 13.5. The highest BCUT2D eigenvalue weighted by Crippen LogP contribution is 2.31. The number of methoxy groups -OCH3 is 2. The van der Waals surface area contributed by atoms with Gasteiger partial charge in [-0.1, -0.05) is 6.07 Å². The molecular formula is C23H29F3N4O5. The summed E-state index contributed by atoms with van der Waals surface area (Å²) in [5.41, 5.74) is 1.84. The number of amides is 1. The van der Waals surface area contributed by atoms with Gasteiger partial charge in [-0.05, 0) is 49.5 Å². The quantitative estimate of drug-likeness (QED) is 0.508. The molecule has 1 fully saturated rings. The van der Waals surface area contributed by atoms with Gasteiger partial charge in [-0.2, -0.15) is 13.2 Å². The Labute approximate surface area is 201 Å². The molecule has 1 amide bonds. The molecule has 1 atom stereocenters. The van der Waals surface area contributed by atoms with Crippen molar-refractivity contribution in [3.05, 3.63) is 36.4 Å². The number of hydrogen-bond acceptors (Lipinski definition) is 7. The number of carboxylic acid groups (broad SMARTS) is 1. The Morgan fingerprint density at radius 1 is 1.14 bits per heavy atom. The number of carboxylic acids is 1. The number of halogens is 3. The average Bonchev–Trinajstić information content (AvgIpc) is 2.86. The number of aliphatic carboxylic acids is 1. The number of alkyl halides is 3. The van der Waals surface area contributed by atoms with Gasteiger partial charge < -0.3 is 25.2 Å². The fourth-order valence-corrected chi connectivity index (χ4v) is 3.32. The van der Waals surface area contributed by atoms with E-state index in [2.05, 4.69) is 20.6 Å². The predicted octanol–water partition coefficient (Wildman–Crippen LogP) is 2.84. The van der Waals surface area contributed by atoms with Crippen molar-refractivity contribution in [1.82, 2.24) is 20.6 Å². The molecule has 1 aromatic carbocycles. The zero-order chi connectivity index (χ0) is 25.8. The van der Waals surface area contributed by atoms with Crippen LogP contribution in [0.1, 0.15) is 25.1 Å². The number of carbonyl (C=O) groups is 2. The molecule has 0 aliphatic carbocycles. The number of aromatic nitrogens is 2. The van der Waals surface area contributed by atoms with E-state index in [4.69, 9.17) is 19.4 Å². The molecule has 1 saturated heterocycles. The smallest absolute Gasteiger partial charge is 0.490 e. The Morgan fingerprint density at radius 2 is 1.80 bits per heavy atom. The van der Waals surface area contributed by atoms with Gasteiger partial charge >= 0.3 is 12.1 Å². The van der Waals surface area contributed by atoms with Crippen LogP contribution >= 0.6 is 0 Å². The second-order valence-corrected chi connectivity index (χ2v) is 7.78. The van der Waals surface area contributed by atoms with Crippen LogP contribution in [0.5, 0.6) is 11.5 Å². The predicted molar refractivity (Wildman–Crippen MR) is 121 cm³/mol. The topological polar surface area (TPSA) is 123 Å². The molecule has 1 aromatic heterocycles. The number of hydrogen-bond donors (Lipinski definition) is 3. The van der Waals surface area contributed by atoms with Crippen molar-refractivity contribution in [2.24, 2.45) is 5.92 Å². The fourth-order valence-electron chi connectivity index (χ4n) is 3.32. The van der Waals surface area contributed by atoms with Crippen molar-refractivity contribution in [2.75, 3.05) is 33.9 Å². The first-order chi connectivity index (χ1) is 16.6. The molecule has 12 heteroatoms. The van der Waals surface area contributed by atoms with Crippen molar-refractivity contribution >= 4 is 11.9 Å². The van der Waals surface area contributed by atoms with Crippen LogP contribution in [0.4, 0.5) is 13.2 Å². The Morgan fingerprint density at radius 3 is 2.34 bits per heavy atom. The second-order valence-electron chi connectivity index (χ2n) is 7.78. The number of piperidine rings is 1. The van der Waals surface area contributed by atoms with Gasteiger partial charge in [0.2, 0.25) is 5.91 Å². The number of rotatable bonds is 8. The van der Waals surface area contributed by atoms with Crippen molar-refractivity contribution in [2.45, 2.75) is 31.9 Å². The van der Waals surface area contributed by atoms with Crippen molar-refractivity contribution < 1.29 is 37.3 Å². The largest absolute Gasteiger partial charge is 0.493 e. The van der Waals surface area contributed by atoms with E-state index in [9.17, 15) is 18.0 Å². The molecular weight excluding hydrogens is 469 g/mol. The van der Waals surface area contributed by atoms with Crippen molar-refractivity contribution in [3.8, 4) is 22.6 Å². The highest BCUT2D eigenvalue weighted by atomic mass is 19.4.